The van der Waals surface area contributed by atoms with Gasteiger partial charge >= 0.3 is 0 Å². The van der Waals surface area contributed by atoms with Gasteiger partial charge < -0.3 is 11.1 Å². The summed E-state index contributed by atoms with van der Waals surface area (Å²) >= 11 is 0. The maximum absolute atomic E-state index is 6.09. The molecule has 100 valence electrons. The molecule has 0 radical (unpaired) electrons. The Labute approximate surface area is 114 Å². The topological polar surface area (TPSA) is 50.9 Å². The van der Waals surface area contributed by atoms with E-state index in [2.05, 4.69) is 23.3 Å². The van der Waals surface area contributed by atoms with Gasteiger partial charge in [-0.3, -0.25) is 4.98 Å². The van der Waals surface area contributed by atoms with E-state index in [0.29, 0.717) is 5.41 Å². The van der Waals surface area contributed by atoms with Crippen molar-refractivity contribution in [2.45, 2.75) is 32.6 Å². The summed E-state index contributed by atoms with van der Waals surface area (Å²) in [6, 6.07) is 8.15. The van der Waals surface area contributed by atoms with Crippen LogP contribution in [0.3, 0.4) is 0 Å². The third kappa shape index (κ3) is 2.37. The molecule has 0 amide bonds. The number of fused-ring (bicyclic) bond motifs is 1. The lowest BCUT2D eigenvalue weighted by atomic mass is 10.0. The highest BCUT2D eigenvalue weighted by molar-refractivity contribution is 5.96. The number of hydrogen-bond donors (Lipinski definition) is 2. The number of para-hydroxylation sites is 1. The van der Waals surface area contributed by atoms with Crippen LogP contribution in [0, 0.1) is 5.41 Å². The maximum atomic E-state index is 6.09. The molecular weight excluding hydrogens is 234 g/mol. The van der Waals surface area contributed by atoms with Crippen molar-refractivity contribution in [1.82, 2.24) is 4.98 Å². The van der Waals surface area contributed by atoms with Crippen LogP contribution in [0.4, 0.5) is 11.4 Å². The van der Waals surface area contributed by atoms with Crippen LogP contribution in [0.1, 0.15) is 32.6 Å². The molecular formula is C16H21N3. The van der Waals surface area contributed by atoms with Crippen LogP contribution in [-0.2, 0) is 0 Å². The lowest BCUT2D eigenvalue weighted by Gasteiger charge is -2.18. The first-order chi connectivity index (χ1) is 9.24. The zero-order chi connectivity index (χ0) is 13.3. The van der Waals surface area contributed by atoms with Gasteiger partial charge in [0.15, 0.2) is 0 Å². The summed E-state index contributed by atoms with van der Waals surface area (Å²) in [5, 5.41) is 4.70. The predicted molar refractivity (Wildman–Crippen MR) is 81.2 cm³/mol. The Kier molecular flexibility index (Phi) is 3.05. The Morgan fingerprint density at radius 2 is 2.11 bits per heavy atom. The van der Waals surface area contributed by atoms with E-state index in [1.807, 2.05) is 18.2 Å². The molecule has 1 aliphatic carbocycles. The van der Waals surface area contributed by atoms with E-state index in [9.17, 15) is 0 Å². The van der Waals surface area contributed by atoms with E-state index in [-0.39, 0.29) is 0 Å². The fourth-order valence-electron chi connectivity index (χ4n) is 2.85. The van der Waals surface area contributed by atoms with Crippen molar-refractivity contribution in [3.05, 3.63) is 30.5 Å². The van der Waals surface area contributed by atoms with Crippen LogP contribution < -0.4 is 11.1 Å². The minimum Gasteiger partial charge on any atom is -0.396 e. The molecule has 3 nitrogen and oxygen atoms in total. The predicted octanol–water partition coefficient (Wildman–Crippen LogP) is 3.81. The fourth-order valence-corrected chi connectivity index (χ4v) is 2.85. The van der Waals surface area contributed by atoms with Crippen LogP contribution in [0.25, 0.3) is 10.9 Å². The Morgan fingerprint density at radius 3 is 2.84 bits per heavy atom. The SMILES string of the molecule is CCCC1(CNc2c(N)cnc3ccccc23)CC1. The van der Waals surface area contributed by atoms with Crippen molar-refractivity contribution in [2.24, 2.45) is 5.41 Å². The minimum atomic E-state index is 0.519. The summed E-state index contributed by atoms with van der Waals surface area (Å²) in [6.45, 7) is 3.29. The van der Waals surface area contributed by atoms with E-state index in [1.54, 1.807) is 6.20 Å². The second-order valence-corrected chi connectivity index (χ2v) is 5.71. The van der Waals surface area contributed by atoms with Crippen molar-refractivity contribution >= 4 is 22.3 Å². The number of anilines is 2. The lowest BCUT2D eigenvalue weighted by molar-refractivity contribution is 0.486. The lowest BCUT2D eigenvalue weighted by Crippen LogP contribution is -2.16. The molecule has 1 aromatic heterocycles. The van der Waals surface area contributed by atoms with Gasteiger partial charge in [0.25, 0.3) is 0 Å². The van der Waals surface area contributed by atoms with Crippen LogP contribution in [0.5, 0.6) is 0 Å². The van der Waals surface area contributed by atoms with Crippen LogP contribution in [0.2, 0.25) is 0 Å². The smallest absolute Gasteiger partial charge is 0.0743 e. The van der Waals surface area contributed by atoms with Gasteiger partial charge in [0.2, 0.25) is 0 Å². The quantitative estimate of drug-likeness (QED) is 0.854. The van der Waals surface area contributed by atoms with Gasteiger partial charge in [-0.2, -0.15) is 0 Å². The van der Waals surface area contributed by atoms with Gasteiger partial charge in [-0.05, 0) is 30.7 Å². The van der Waals surface area contributed by atoms with Gasteiger partial charge in [-0.1, -0.05) is 31.5 Å². The Bertz CT molecular complexity index is 588. The number of nitrogens with one attached hydrogen (secondary N) is 1. The molecule has 1 saturated carbocycles. The molecule has 0 spiro atoms. The molecule has 0 bridgehead atoms. The molecule has 1 heterocycles. The number of benzene rings is 1. The zero-order valence-electron chi connectivity index (χ0n) is 11.4. The van der Waals surface area contributed by atoms with Crippen molar-refractivity contribution in [2.75, 3.05) is 17.6 Å². The molecule has 0 saturated heterocycles. The third-order valence-electron chi connectivity index (χ3n) is 4.18. The number of nitrogens with zero attached hydrogens (tertiary/aromatic N) is 1. The summed E-state index contributed by atoms with van der Waals surface area (Å²) in [7, 11) is 0. The first kappa shape index (κ1) is 12.3. The van der Waals surface area contributed by atoms with E-state index < -0.39 is 0 Å². The minimum absolute atomic E-state index is 0.519. The average Bonchev–Trinajstić information content (AvgIpc) is 3.18. The second-order valence-electron chi connectivity index (χ2n) is 5.71. The van der Waals surface area contributed by atoms with Crippen LogP contribution in [0.15, 0.2) is 30.5 Å². The Balaban J connectivity index is 1.86. The number of pyridine rings is 1. The summed E-state index contributed by atoms with van der Waals surface area (Å²) in [6.07, 6.45) is 7.01. The molecule has 0 aliphatic heterocycles. The highest BCUT2D eigenvalue weighted by atomic mass is 14.9. The molecule has 3 heteroatoms. The largest absolute Gasteiger partial charge is 0.396 e. The number of rotatable bonds is 5. The first-order valence-electron chi connectivity index (χ1n) is 7.11. The summed E-state index contributed by atoms with van der Waals surface area (Å²) in [5.41, 5.74) is 9.40. The van der Waals surface area contributed by atoms with Gasteiger partial charge in [0.05, 0.1) is 23.1 Å². The van der Waals surface area contributed by atoms with Crippen LogP contribution in [-0.4, -0.2) is 11.5 Å². The van der Waals surface area contributed by atoms with Crippen molar-refractivity contribution in [3.63, 3.8) is 0 Å². The molecule has 19 heavy (non-hydrogen) atoms. The standard InChI is InChI=1S/C16H21N3/c1-2-7-16(8-9-16)11-19-15-12-5-3-4-6-14(12)18-10-13(15)17/h3-6,10H,2,7-9,11,17H2,1H3,(H,18,19). The maximum Gasteiger partial charge on any atom is 0.0743 e. The molecule has 0 unspecified atom stereocenters. The van der Waals surface area contributed by atoms with Crippen LogP contribution >= 0.6 is 0 Å². The molecule has 1 fully saturated rings. The highest BCUT2D eigenvalue weighted by Gasteiger charge is 2.41. The Hall–Kier alpha value is -1.77. The summed E-state index contributed by atoms with van der Waals surface area (Å²) in [5.74, 6) is 0. The van der Waals surface area contributed by atoms with Crippen molar-refractivity contribution in [1.29, 1.82) is 0 Å². The molecule has 3 rings (SSSR count). The van der Waals surface area contributed by atoms with Gasteiger partial charge in [0, 0.05) is 11.9 Å². The normalized spacial score (nSPS) is 16.5. The zero-order valence-corrected chi connectivity index (χ0v) is 11.4. The summed E-state index contributed by atoms with van der Waals surface area (Å²) < 4.78 is 0. The van der Waals surface area contributed by atoms with E-state index in [0.717, 1.165) is 28.8 Å². The van der Waals surface area contributed by atoms with Gasteiger partial charge in [-0.25, -0.2) is 0 Å². The highest BCUT2D eigenvalue weighted by Crippen LogP contribution is 2.49. The first-order valence-corrected chi connectivity index (χ1v) is 7.11. The number of hydrogen-bond acceptors (Lipinski definition) is 3. The van der Waals surface area contributed by atoms with E-state index >= 15 is 0 Å². The van der Waals surface area contributed by atoms with Crippen molar-refractivity contribution < 1.29 is 0 Å². The number of nitrogens with two attached hydrogens (primary N) is 1. The number of aromatic nitrogens is 1. The summed E-state index contributed by atoms with van der Waals surface area (Å²) in [4.78, 5) is 4.37. The molecule has 1 aliphatic rings. The number of nitrogen functional groups attached to an aromatic ring is 1. The molecule has 2 aromatic rings. The van der Waals surface area contributed by atoms with Crippen molar-refractivity contribution in [3.8, 4) is 0 Å². The Morgan fingerprint density at radius 1 is 1.32 bits per heavy atom. The second kappa shape index (κ2) is 4.72. The van der Waals surface area contributed by atoms with Gasteiger partial charge in [-0.15, -0.1) is 0 Å². The molecule has 0 atom stereocenters. The monoisotopic (exact) mass is 255 g/mol. The fraction of sp³-hybridized carbons (Fsp3) is 0.438. The average molecular weight is 255 g/mol. The van der Waals surface area contributed by atoms with E-state index in [1.165, 1.54) is 25.7 Å². The van der Waals surface area contributed by atoms with E-state index in [4.69, 9.17) is 5.73 Å². The van der Waals surface area contributed by atoms with Gasteiger partial charge in [0.1, 0.15) is 0 Å². The molecule has 3 N–H and O–H groups in total. The molecule has 1 aromatic carbocycles. The third-order valence-corrected chi connectivity index (χ3v) is 4.18.